The summed E-state index contributed by atoms with van der Waals surface area (Å²) in [5.41, 5.74) is 1.03. The molecule has 31 heavy (non-hydrogen) atoms. The van der Waals surface area contributed by atoms with Crippen LogP contribution in [0.5, 0.6) is 5.75 Å². The maximum Gasteiger partial charge on any atom is 0.253 e. The first-order valence-electron chi connectivity index (χ1n) is 10.0. The summed E-state index contributed by atoms with van der Waals surface area (Å²) in [6, 6.07) is 6.45. The highest BCUT2D eigenvalue weighted by Gasteiger charge is 2.76. The minimum atomic E-state index is -1.87. The Morgan fingerprint density at radius 1 is 0.968 bits per heavy atom. The van der Waals surface area contributed by atoms with Crippen LogP contribution >= 0.6 is 23.2 Å². The summed E-state index contributed by atoms with van der Waals surface area (Å²) in [7, 11) is 2.78. The number of nitrogens with zero attached hydrogens (tertiary/aromatic N) is 2. The van der Waals surface area contributed by atoms with E-state index in [1.807, 2.05) is 6.08 Å². The normalized spacial score (nSPS) is 39.4. The monoisotopic (exact) mass is 462 g/mol. The molecule has 2 heterocycles. The number of phenolic OH excluding ortho intramolecular Hbond substituents is 1. The Morgan fingerprint density at radius 2 is 1.65 bits per heavy atom. The highest BCUT2D eigenvalue weighted by molar-refractivity contribution is 6.53. The lowest BCUT2D eigenvalue weighted by Crippen LogP contribution is -2.60. The number of aromatic hydroxyl groups is 1. The summed E-state index contributed by atoms with van der Waals surface area (Å²) in [6.07, 6.45) is 2.11. The lowest BCUT2D eigenvalue weighted by molar-refractivity contribution is -0.140. The number of rotatable bonds is 1. The Balaban J connectivity index is 1.77. The Morgan fingerprint density at radius 3 is 2.32 bits per heavy atom. The van der Waals surface area contributed by atoms with Crippen LogP contribution in [0.25, 0.3) is 0 Å². The van der Waals surface area contributed by atoms with Crippen LogP contribution in [0.2, 0.25) is 0 Å². The fourth-order valence-electron chi connectivity index (χ4n) is 5.98. The molecule has 0 radical (unpaired) electrons. The van der Waals surface area contributed by atoms with E-state index in [4.69, 9.17) is 23.2 Å². The highest BCUT2D eigenvalue weighted by atomic mass is 35.5. The van der Waals surface area contributed by atoms with Crippen molar-refractivity contribution < 1.29 is 24.3 Å². The fraction of sp³-hybridized carbons (Fsp3) is 0.455. The average molecular weight is 463 g/mol. The number of hydrogen-bond donors (Lipinski definition) is 1. The van der Waals surface area contributed by atoms with E-state index in [1.54, 1.807) is 18.2 Å². The zero-order valence-corrected chi connectivity index (χ0v) is 18.4. The number of imide groups is 2. The number of phenols is 1. The molecule has 5 rings (SSSR count). The van der Waals surface area contributed by atoms with Crippen LogP contribution in [0.1, 0.15) is 24.3 Å². The summed E-state index contributed by atoms with van der Waals surface area (Å²) >= 11 is 13.9. The molecule has 0 spiro atoms. The van der Waals surface area contributed by atoms with E-state index < -0.39 is 45.2 Å². The van der Waals surface area contributed by atoms with Crippen molar-refractivity contribution in [2.45, 2.75) is 28.5 Å². The van der Waals surface area contributed by atoms with E-state index in [0.29, 0.717) is 17.6 Å². The number of para-hydroxylation sites is 1. The van der Waals surface area contributed by atoms with Crippen LogP contribution in [0.15, 0.2) is 35.9 Å². The van der Waals surface area contributed by atoms with Crippen molar-refractivity contribution in [3.63, 3.8) is 0 Å². The highest BCUT2D eigenvalue weighted by Crippen LogP contribution is 2.65. The van der Waals surface area contributed by atoms with Crippen LogP contribution < -0.4 is 0 Å². The quantitative estimate of drug-likeness (QED) is 0.391. The Labute approximate surface area is 188 Å². The third-order valence-corrected chi connectivity index (χ3v) is 8.90. The molecule has 162 valence electrons. The van der Waals surface area contributed by atoms with Crippen LogP contribution in [-0.2, 0) is 19.2 Å². The maximum absolute atomic E-state index is 13.3. The van der Waals surface area contributed by atoms with Crippen LogP contribution in [-0.4, -0.2) is 62.4 Å². The molecule has 1 N–H and O–H groups in total. The van der Waals surface area contributed by atoms with Gasteiger partial charge in [-0.2, -0.15) is 0 Å². The van der Waals surface area contributed by atoms with Gasteiger partial charge in [0, 0.05) is 25.6 Å². The Kier molecular flexibility index (Phi) is 4.19. The zero-order valence-electron chi connectivity index (χ0n) is 16.8. The van der Waals surface area contributed by atoms with Crippen LogP contribution in [0, 0.1) is 17.8 Å². The minimum Gasteiger partial charge on any atom is -0.508 e. The molecule has 0 bridgehead atoms. The van der Waals surface area contributed by atoms with E-state index in [-0.39, 0.29) is 24.0 Å². The molecule has 0 unspecified atom stereocenters. The molecule has 0 aromatic heterocycles. The molecule has 9 heteroatoms. The molecule has 2 aliphatic carbocycles. The average Bonchev–Trinajstić information content (AvgIpc) is 3.04. The van der Waals surface area contributed by atoms with Crippen molar-refractivity contribution in [2.75, 3.05) is 14.1 Å². The lowest BCUT2D eigenvalue weighted by atomic mass is 9.56. The van der Waals surface area contributed by atoms with Gasteiger partial charge in [0.25, 0.3) is 11.8 Å². The second-order valence-corrected chi connectivity index (χ2v) is 10.0. The molecular weight excluding hydrogens is 443 g/mol. The van der Waals surface area contributed by atoms with Gasteiger partial charge in [0.15, 0.2) is 9.75 Å². The first-order valence-corrected chi connectivity index (χ1v) is 10.8. The van der Waals surface area contributed by atoms with E-state index in [1.165, 1.54) is 20.2 Å². The number of likely N-dealkylation sites (tertiary alicyclic amines) is 2. The predicted molar refractivity (Wildman–Crippen MR) is 111 cm³/mol. The zero-order chi connectivity index (χ0) is 22.5. The SMILES string of the molecule is CN1C(=O)[C@H]2[C@H](CC=C3[C@H]2C[C@@]2(Cl)C(=O)N(C)C(=O)[C@@]2(Cl)[C@H]3c2ccccc2O)C1=O. The Hall–Kier alpha value is -2.38. The van der Waals surface area contributed by atoms with Gasteiger partial charge in [-0.3, -0.25) is 29.0 Å². The summed E-state index contributed by atoms with van der Waals surface area (Å²) in [5, 5.41) is 10.6. The summed E-state index contributed by atoms with van der Waals surface area (Å²) in [6.45, 7) is 0. The van der Waals surface area contributed by atoms with Gasteiger partial charge in [0.05, 0.1) is 11.8 Å². The van der Waals surface area contributed by atoms with Crippen LogP contribution in [0.3, 0.4) is 0 Å². The molecule has 7 nitrogen and oxygen atoms in total. The second-order valence-electron chi connectivity index (χ2n) is 8.79. The minimum absolute atomic E-state index is 0.0447. The third kappa shape index (κ3) is 2.26. The van der Waals surface area contributed by atoms with E-state index in [2.05, 4.69) is 0 Å². The number of hydrogen-bond acceptors (Lipinski definition) is 5. The summed E-state index contributed by atoms with van der Waals surface area (Å²) < 4.78 is 0. The van der Waals surface area contributed by atoms with Gasteiger partial charge in [-0.25, -0.2) is 0 Å². The van der Waals surface area contributed by atoms with Crippen molar-refractivity contribution in [3.8, 4) is 5.75 Å². The van der Waals surface area contributed by atoms with E-state index in [0.717, 1.165) is 9.80 Å². The van der Waals surface area contributed by atoms with Crippen molar-refractivity contribution in [1.29, 1.82) is 0 Å². The molecular formula is C22H20Cl2N2O5. The number of halogens is 2. The summed E-state index contributed by atoms with van der Waals surface area (Å²) in [5.74, 6) is -4.66. The van der Waals surface area contributed by atoms with Gasteiger partial charge in [-0.1, -0.05) is 29.8 Å². The van der Waals surface area contributed by atoms with Gasteiger partial charge < -0.3 is 5.11 Å². The molecule has 4 aliphatic rings. The Bertz CT molecular complexity index is 1100. The lowest BCUT2D eigenvalue weighted by Gasteiger charge is -2.50. The summed E-state index contributed by atoms with van der Waals surface area (Å²) in [4.78, 5) is 50.4. The first kappa shape index (κ1) is 20.5. The smallest absolute Gasteiger partial charge is 0.253 e. The second kappa shape index (κ2) is 6.33. The molecule has 3 fully saturated rings. The standard InChI is InChI=1S/C22H20Cl2N2O5/c1-25-17(28)12-8-7-10-13(15(12)18(25)29)9-21(23)19(30)26(2)20(31)22(21,24)16(10)11-5-3-4-6-14(11)27/h3-7,12-13,15-16,27H,8-9H2,1-2H3/t12-,13+,15-,16+,21+,22-/m0/s1. The van der Waals surface area contributed by atoms with Crippen LogP contribution in [0.4, 0.5) is 0 Å². The first-order chi connectivity index (χ1) is 14.6. The molecule has 6 atom stereocenters. The predicted octanol–water partition coefficient (Wildman–Crippen LogP) is 2.01. The molecule has 2 saturated heterocycles. The molecule has 4 amide bonds. The largest absolute Gasteiger partial charge is 0.508 e. The third-order valence-electron chi connectivity index (χ3n) is 7.48. The number of benzene rings is 1. The number of alkyl halides is 2. The number of allylic oxidation sites excluding steroid dienone is 2. The van der Waals surface area contributed by atoms with Crippen molar-refractivity contribution in [3.05, 3.63) is 41.5 Å². The van der Waals surface area contributed by atoms with E-state index in [9.17, 15) is 24.3 Å². The number of fused-ring (bicyclic) bond motifs is 4. The molecule has 2 aliphatic heterocycles. The van der Waals surface area contributed by atoms with Gasteiger partial charge >= 0.3 is 0 Å². The molecule has 1 aromatic carbocycles. The van der Waals surface area contributed by atoms with Crippen molar-refractivity contribution in [2.24, 2.45) is 17.8 Å². The molecule has 1 aromatic rings. The van der Waals surface area contributed by atoms with Gasteiger partial charge in [0.2, 0.25) is 11.8 Å². The topological polar surface area (TPSA) is 95.0 Å². The van der Waals surface area contributed by atoms with Gasteiger partial charge in [-0.05, 0) is 24.8 Å². The van der Waals surface area contributed by atoms with Gasteiger partial charge in [-0.15, -0.1) is 23.2 Å². The number of carbonyl (C=O) groups excluding carboxylic acids is 4. The maximum atomic E-state index is 13.3. The fourth-order valence-corrected chi connectivity index (χ4v) is 6.99. The van der Waals surface area contributed by atoms with Crippen molar-refractivity contribution in [1.82, 2.24) is 9.80 Å². The number of carbonyl (C=O) groups is 4. The van der Waals surface area contributed by atoms with Gasteiger partial charge in [0.1, 0.15) is 5.75 Å². The van der Waals surface area contributed by atoms with Crippen molar-refractivity contribution >= 4 is 46.8 Å². The van der Waals surface area contributed by atoms with E-state index >= 15 is 0 Å². The molecule has 1 saturated carbocycles. The number of amides is 4.